The van der Waals surface area contributed by atoms with Crippen molar-refractivity contribution < 1.29 is 26.8 Å². The lowest BCUT2D eigenvalue weighted by molar-refractivity contribution is -0.710. The van der Waals surface area contributed by atoms with Crippen molar-refractivity contribution in [3.05, 3.63) is 96.8 Å². The fourth-order valence-electron chi connectivity index (χ4n) is 8.20. The van der Waals surface area contributed by atoms with Crippen LogP contribution in [0.5, 0.6) is 11.5 Å². The first-order valence-electron chi connectivity index (χ1n) is 19.0. The molecule has 0 amide bonds. The van der Waals surface area contributed by atoms with Gasteiger partial charge < -0.3 is 19.4 Å². The van der Waals surface area contributed by atoms with Crippen molar-refractivity contribution >= 4 is 32.1 Å². The van der Waals surface area contributed by atoms with Gasteiger partial charge in [0.2, 0.25) is 10.0 Å². The highest BCUT2D eigenvalue weighted by Crippen LogP contribution is 2.40. The fraction of sp³-hybridized carbons (Fsp3) is 0.381. The molecule has 4 N–H and O–H groups in total. The molecule has 8 rings (SSSR count). The standard InChI is InChI=1S/C42H48FN7O4S/c1-42(27-54-35-13-16-45-40-38(35)34(23-46-40)31-7-4-8-32(43)20-31)15-17-44-37(21-42)50-19-14-36(53-26-29-6-5-18-49(2)25-29)39-33(24-47-41(39)50)30-11-9-28(10-12-30)22-48-55(3,51)52/h4,7-14,16,19-20,23-24,29,37,44,48H,5-6,15,17-18,21-22,25-27H2,1-3H3,(H,45,46)/p+1/t29-,37?,42?/m1/s1. The molecule has 2 saturated heterocycles. The lowest BCUT2D eigenvalue weighted by Gasteiger charge is -2.37. The van der Waals surface area contributed by atoms with Crippen LogP contribution in [0.1, 0.15) is 44.3 Å². The van der Waals surface area contributed by atoms with E-state index in [-0.39, 0.29) is 23.9 Å². The number of fused-ring (bicyclic) bond motifs is 2. The Balaban J connectivity index is 1.07. The molecule has 0 bridgehead atoms. The van der Waals surface area contributed by atoms with E-state index < -0.39 is 10.0 Å². The fourth-order valence-corrected chi connectivity index (χ4v) is 8.63. The maximum absolute atomic E-state index is 14.2. The molecule has 0 saturated carbocycles. The quantitative estimate of drug-likeness (QED) is 0.104. The molecule has 2 aromatic carbocycles. The van der Waals surface area contributed by atoms with Crippen LogP contribution in [0, 0.1) is 17.2 Å². The van der Waals surface area contributed by atoms with E-state index in [0.717, 1.165) is 94.6 Å². The Bertz CT molecular complexity index is 2410. The number of benzene rings is 2. The topological polar surface area (TPSA) is 128 Å². The van der Waals surface area contributed by atoms with Crippen molar-refractivity contribution in [2.75, 3.05) is 46.2 Å². The third-order valence-corrected chi connectivity index (χ3v) is 11.8. The second kappa shape index (κ2) is 15.4. The van der Waals surface area contributed by atoms with Gasteiger partial charge in [-0.15, -0.1) is 0 Å². The molecule has 55 heavy (non-hydrogen) atoms. The molecule has 2 aliphatic rings. The molecular formula is C42H49FN7O4S+. The highest BCUT2D eigenvalue weighted by atomic mass is 32.2. The maximum Gasteiger partial charge on any atom is 0.292 e. The molecule has 2 aliphatic heterocycles. The van der Waals surface area contributed by atoms with Gasteiger partial charge in [0.1, 0.15) is 28.3 Å². The summed E-state index contributed by atoms with van der Waals surface area (Å²) in [5.74, 6) is 1.72. The highest BCUT2D eigenvalue weighted by molar-refractivity contribution is 7.88. The van der Waals surface area contributed by atoms with Gasteiger partial charge in [-0.05, 0) is 74.3 Å². The second-order valence-corrected chi connectivity index (χ2v) is 17.5. The molecule has 0 radical (unpaired) electrons. The number of rotatable bonds is 12. The average molecular weight is 767 g/mol. The SMILES string of the molecule is CN1CCC[C@@H](COc2cc[n+](C3CC(C)(COc4ccnc5[nH]cc(-c6cccc(F)c6)c45)CCN3)c3[nH]cc(-c4ccc(CNS(C)(=O)=O)cc4)c23)C1. The number of nitrogens with zero attached hydrogens (tertiary/aromatic N) is 3. The largest absolute Gasteiger partial charge is 0.492 e. The maximum atomic E-state index is 14.2. The van der Waals surface area contributed by atoms with Gasteiger partial charge >= 0.3 is 0 Å². The molecule has 288 valence electrons. The summed E-state index contributed by atoms with van der Waals surface area (Å²) in [6.07, 6.45) is 13.0. The monoisotopic (exact) mass is 766 g/mol. The van der Waals surface area contributed by atoms with E-state index in [1.165, 1.54) is 24.8 Å². The first kappa shape index (κ1) is 37.1. The summed E-state index contributed by atoms with van der Waals surface area (Å²) in [6.45, 7) is 6.61. The predicted octanol–water partition coefficient (Wildman–Crippen LogP) is 6.54. The summed E-state index contributed by atoms with van der Waals surface area (Å²) >= 11 is 0. The lowest BCUT2D eigenvalue weighted by atomic mass is 9.80. The van der Waals surface area contributed by atoms with Crippen LogP contribution in [0.25, 0.3) is 44.3 Å². The number of aromatic amines is 2. The van der Waals surface area contributed by atoms with Crippen molar-refractivity contribution in [2.45, 2.75) is 45.3 Å². The normalized spacial score (nSPS) is 20.9. The summed E-state index contributed by atoms with van der Waals surface area (Å²) in [4.78, 5) is 13.7. The van der Waals surface area contributed by atoms with Crippen LogP contribution in [0.2, 0.25) is 0 Å². The van der Waals surface area contributed by atoms with Crippen molar-refractivity contribution in [3.8, 4) is 33.8 Å². The predicted molar refractivity (Wildman–Crippen MR) is 213 cm³/mol. The Morgan fingerprint density at radius 2 is 1.82 bits per heavy atom. The third kappa shape index (κ3) is 8.25. The molecule has 11 nitrogen and oxygen atoms in total. The number of hydrogen-bond acceptors (Lipinski definition) is 7. The summed E-state index contributed by atoms with van der Waals surface area (Å²) in [6, 6.07) is 18.5. The summed E-state index contributed by atoms with van der Waals surface area (Å²) in [5, 5.41) is 5.62. The van der Waals surface area contributed by atoms with Crippen LogP contribution in [0.3, 0.4) is 0 Å². The van der Waals surface area contributed by atoms with Crippen LogP contribution < -0.4 is 24.1 Å². The van der Waals surface area contributed by atoms with Gasteiger partial charge in [-0.3, -0.25) is 5.32 Å². The minimum Gasteiger partial charge on any atom is -0.492 e. The zero-order valence-corrected chi connectivity index (χ0v) is 32.4. The van der Waals surface area contributed by atoms with E-state index >= 15 is 0 Å². The molecule has 4 aromatic heterocycles. The molecule has 6 heterocycles. The number of H-pyrrole nitrogens is 2. The van der Waals surface area contributed by atoms with E-state index in [4.69, 9.17) is 9.47 Å². The van der Waals surface area contributed by atoms with Crippen LogP contribution in [0.15, 0.2) is 85.5 Å². The van der Waals surface area contributed by atoms with Crippen molar-refractivity contribution in [1.29, 1.82) is 0 Å². The highest BCUT2D eigenvalue weighted by Gasteiger charge is 2.37. The zero-order valence-electron chi connectivity index (χ0n) is 31.6. The first-order chi connectivity index (χ1) is 26.5. The molecule has 0 spiro atoms. The Morgan fingerprint density at radius 3 is 2.62 bits per heavy atom. The first-order valence-corrected chi connectivity index (χ1v) is 20.9. The Hall–Kier alpha value is -4.82. The number of hydrogen-bond donors (Lipinski definition) is 4. The molecular weight excluding hydrogens is 718 g/mol. The summed E-state index contributed by atoms with van der Waals surface area (Å²) in [5.41, 5.74) is 6.02. The van der Waals surface area contributed by atoms with Crippen LogP contribution in [-0.4, -0.2) is 74.4 Å². The number of halogens is 1. The Morgan fingerprint density at radius 1 is 1.02 bits per heavy atom. The molecule has 3 atom stereocenters. The van der Waals surface area contributed by atoms with Gasteiger partial charge in [-0.2, -0.15) is 0 Å². The minimum atomic E-state index is -3.30. The number of ether oxygens (including phenoxy) is 2. The van der Waals surface area contributed by atoms with Gasteiger partial charge in [0.05, 0.1) is 37.2 Å². The molecule has 2 unspecified atom stereocenters. The number of pyridine rings is 2. The number of aromatic nitrogens is 4. The van der Waals surface area contributed by atoms with Crippen molar-refractivity contribution in [2.24, 2.45) is 11.3 Å². The van der Waals surface area contributed by atoms with E-state index in [9.17, 15) is 12.8 Å². The van der Waals surface area contributed by atoms with E-state index in [1.54, 1.807) is 12.3 Å². The van der Waals surface area contributed by atoms with Gasteiger partial charge in [0.25, 0.3) is 5.65 Å². The van der Waals surface area contributed by atoms with E-state index in [1.807, 2.05) is 48.8 Å². The number of piperidine rings is 2. The van der Waals surface area contributed by atoms with E-state index in [2.05, 4.69) is 60.7 Å². The van der Waals surface area contributed by atoms with Crippen LogP contribution in [0.4, 0.5) is 4.39 Å². The van der Waals surface area contributed by atoms with Crippen molar-refractivity contribution in [1.82, 2.24) is 29.9 Å². The number of sulfonamides is 1. The van der Waals surface area contributed by atoms with Gasteiger partial charge in [0, 0.05) is 60.4 Å². The van der Waals surface area contributed by atoms with Gasteiger partial charge in [-0.25, -0.2) is 32.1 Å². The van der Waals surface area contributed by atoms with Crippen molar-refractivity contribution in [3.63, 3.8) is 0 Å². The smallest absolute Gasteiger partial charge is 0.292 e. The Labute approximate surface area is 321 Å². The number of nitrogens with one attached hydrogen (secondary N) is 4. The average Bonchev–Trinajstić information content (AvgIpc) is 3.82. The molecule has 13 heteroatoms. The van der Waals surface area contributed by atoms with E-state index in [0.29, 0.717) is 24.8 Å². The molecule has 0 aliphatic carbocycles. The second-order valence-electron chi connectivity index (χ2n) is 15.7. The van der Waals surface area contributed by atoms with Crippen LogP contribution >= 0.6 is 0 Å². The minimum absolute atomic E-state index is 0.0191. The molecule has 2 fully saturated rings. The summed E-state index contributed by atoms with van der Waals surface area (Å²) < 4.78 is 55.7. The van der Waals surface area contributed by atoms with Gasteiger partial charge in [0.15, 0.2) is 6.17 Å². The van der Waals surface area contributed by atoms with Gasteiger partial charge in [-0.1, -0.05) is 43.3 Å². The summed E-state index contributed by atoms with van der Waals surface area (Å²) in [7, 11) is -1.12. The zero-order chi connectivity index (χ0) is 38.2. The third-order valence-electron chi connectivity index (χ3n) is 11.1. The number of likely N-dealkylation sites (tertiary alicyclic amines) is 1. The lowest BCUT2D eigenvalue weighted by Crippen LogP contribution is -2.54. The Kier molecular flexibility index (Phi) is 10.4. The van der Waals surface area contributed by atoms with Crippen LogP contribution in [-0.2, 0) is 16.6 Å². The molecule has 6 aromatic rings.